The summed E-state index contributed by atoms with van der Waals surface area (Å²) in [6, 6.07) is 4.17. The molecule has 0 fully saturated rings. The minimum absolute atomic E-state index is 0.357. The lowest BCUT2D eigenvalue weighted by Crippen LogP contribution is -2.00. The molecule has 0 radical (unpaired) electrons. The van der Waals surface area contributed by atoms with Crippen LogP contribution in [0.25, 0.3) is 0 Å². The molecule has 3 heteroatoms. The maximum absolute atomic E-state index is 10.1. The van der Waals surface area contributed by atoms with Crippen molar-refractivity contribution in [2.75, 3.05) is 0 Å². The highest BCUT2D eigenvalue weighted by Crippen LogP contribution is 2.28. The molecule has 0 spiro atoms. The lowest BCUT2D eigenvalue weighted by atomic mass is 10.0. The lowest BCUT2D eigenvalue weighted by Gasteiger charge is -2.08. The van der Waals surface area contributed by atoms with Crippen molar-refractivity contribution in [1.82, 2.24) is 0 Å². The van der Waals surface area contributed by atoms with Crippen LogP contribution in [-0.2, 0) is 6.42 Å². The summed E-state index contributed by atoms with van der Waals surface area (Å²) >= 11 is 3.43. The molecule has 0 aliphatic rings. The molecule has 0 aliphatic heterocycles. The molecule has 80 valence electrons. The number of hydrogen-bond donors (Lipinski definition) is 1. The van der Waals surface area contributed by atoms with Gasteiger partial charge in [0.25, 0.3) is 0 Å². The summed E-state index contributed by atoms with van der Waals surface area (Å²) < 4.78 is 0. The fourth-order valence-corrected chi connectivity index (χ4v) is 3.39. The molecule has 1 unspecified atom stereocenters. The molecular weight excluding hydrogens is 224 g/mol. The molecule has 2 aromatic rings. The van der Waals surface area contributed by atoms with Crippen molar-refractivity contribution in [3.05, 3.63) is 43.8 Å². The molecule has 1 nitrogen and oxygen atoms in total. The van der Waals surface area contributed by atoms with Gasteiger partial charge in [-0.05, 0) is 47.9 Å². The molecule has 0 aliphatic carbocycles. The van der Waals surface area contributed by atoms with Crippen molar-refractivity contribution in [3.63, 3.8) is 0 Å². The fourth-order valence-electron chi connectivity index (χ4n) is 1.72. The van der Waals surface area contributed by atoms with Gasteiger partial charge in [-0.1, -0.05) is 0 Å². The minimum atomic E-state index is -0.357. The molecule has 0 bridgehead atoms. The molecule has 1 atom stereocenters. The maximum Gasteiger partial charge on any atom is 0.0841 e. The highest BCUT2D eigenvalue weighted by molar-refractivity contribution is 7.12. The van der Waals surface area contributed by atoms with Crippen molar-refractivity contribution in [3.8, 4) is 0 Å². The van der Waals surface area contributed by atoms with E-state index in [0.29, 0.717) is 0 Å². The van der Waals surface area contributed by atoms with Gasteiger partial charge in [0.15, 0.2) is 0 Å². The SMILES string of the molecule is Cc1cc(C(O)Cc2ccsc2)c(C)s1. The monoisotopic (exact) mass is 238 g/mol. The number of hydrogen-bond acceptors (Lipinski definition) is 3. The largest absolute Gasteiger partial charge is 0.388 e. The summed E-state index contributed by atoms with van der Waals surface area (Å²) in [7, 11) is 0. The lowest BCUT2D eigenvalue weighted by molar-refractivity contribution is 0.178. The average Bonchev–Trinajstić information content (AvgIpc) is 2.75. The number of rotatable bonds is 3. The molecule has 0 aromatic carbocycles. The van der Waals surface area contributed by atoms with Gasteiger partial charge in [-0.3, -0.25) is 0 Å². The zero-order valence-corrected chi connectivity index (χ0v) is 10.5. The smallest absolute Gasteiger partial charge is 0.0841 e. The van der Waals surface area contributed by atoms with E-state index in [-0.39, 0.29) is 6.10 Å². The zero-order valence-electron chi connectivity index (χ0n) is 8.86. The molecule has 15 heavy (non-hydrogen) atoms. The zero-order chi connectivity index (χ0) is 10.8. The molecule has 0 saturated carbocycles. The van der Waals surface area contributed by atoms with Crippen LogP contribution in [0.5, 0.6) is 0 Å². The van der Waals surface area contributed by atoms with Crippen LogP contribution in [-0.4, -0.2) is 5.11 Å². The third kappa shape index (κ3) is 2.48. The van der Waals surface area contributed by atoms with E-state index in [1.54, 1.807) is 22.7 Å². The Balaban J connectivity index is 2.14. The van der Waals surface area contributed by atoms with Crippen LogP contribution in [0.2, 0.25) is 0 Å². The van der Waals surface area contributed by atoms with Gasteiger partial charge in [0.1, 0.15) is 0 Å². The minimum Gasteiger partial charge on any atom is -0.388 e. The third-order valence-corrected chi connectivity index (χ3v) is 4.16. The quantitative estimate of drug-likeness (QED) is 0.864. The second-order valence-corrected chi connectivity index (χ2v) is 5.96. The standard InChI is InChI=1S/C12H14OS2/c1-8-5-11(9(2)15-8)12(13)6-10-3-4-14-7-10/h3-5,7,12-13H,6H2,1-2H3. The molecular formula is C12H14OS2. The van der Waals surface area contributed by atoms with Crippen LogP contribution in [0.1, 0.15) is 27.0 Å². The first kappa shape index (κ1) is 10.9. The van der Waals surface area contributed by atoms with Gasteiger partial charge in [0.05, 0.1) is 6.10 Å². The Kier molecular flexibility index (Phi) is 3.24. The summed E-state index contributed by atoms with van der Waals surface area (Å²) in [5, 5.41) is 14.2. The Hall–Kier alpha value is -0.640. The molecule has 0 amide bonds. The Morgan fingerprint density at radius 3 is 2.73 bits per heavy atom. The average molecular weight is 238 g/mol. The van der Waals surface area contributed by atoms with Crippen LogP contribution in [0.4, 0.5) is 0 Å². The van der Waals surface area contributed by atoms with Crippen LogP contribution >= 0.6 is 22.7 Å². The number of aliphatic hydroxyl groups excluding tert-OH is 1. The Labute approximate surface area is 98.0 Å². The van der Waals surface area contributed by atoms with Gasteiger partial charge >= 0.3 is 0 Å². The first-order valence-corrected chi connectivity index (χ1v) is 6.69. The highest BCUT2D eigenvalue weighted by atomic mass is 32.1. The van der Waals surface area contributed by atoms with E-state index in [0.717, 1.165) is 12.0 Å². The van der Waals surface area contributed by atoms with E-state index in [2.05, 4.69) is 31.4 Å². The summed E-state index contributed by atoms with van der Waals surface area (Å²) in [5.74, 6) is 0. The van der Waals surface area contributed by atoms with E-state index in [9.17, 15) is 5.11 Å². The van der Waals surface area contributed by atoms with Crippen molar-refractivity contribution < 1.29 is 5.11 Å². The Bertz CT molecular complexity index is 428. The summed E-state index contributed by atoms with van der Waals surface area (Å²) in [6.07, 6.45) is 0.366. The first-order valence-electron chi connectivity index (χ1n) is 4.93. The topological polar surface area (TPSA) is 20.2 Å². The van der Waals surface area contributed by atoms with Gasteiger partial charge in [0.2, 0.25) is 0 Å². The van der Waals surface area contributed by atoms with Crippen molar-refractivity contribution in [2.24, 2.45) is 0 Å². The van der Waals surface area contributed by atoms with E-state index in [1.165, 1.54) is 15.3 Å². The molecule has 2 heterocycles. The van der Waals surface area contributed by atoms with Crippen molar-refractivity contribution >= 4 is 22.7 Å². The van der Waals surface area contributed by atoms with Crippen molar-refractivity contribution in [2.45, 2.75) is 26.4 Å². The van der Waals surface area contributed by atoms with E-state index in [1.807, 2.05) is 5.38 Å². The van der Waals surface area contributed by atoms with E-state index >= 15 is 0 Å². The summed E-state index contributed by atoms with van der Waals surface area (Å²) in [5.41, 5.74) is 2.31. The molecule has 2 aromatic heterocycles. The Morgan fingerprint density at radius 2 is 2.20 bits per heavy atom. The Morgan fingerprint density at radius 1 is 1.40 bits per heavy atom. The summed E-state index contributed by atoms with van der Waals surface area (Å²) in [4.78, 5) is 2.50. The van der Waals surface area contributed by atoms with Crippen molar-refractivity contribution in [1.29, 1.82) is 0 Å². The predicted molar refractivity (Wildman–Crippen MR) is 66.8 cm³/mol. The molecule has 1 N–H and O–H groups in total. The second kappa shape index (κ2) is 4.47. The van der Waals surface area contributed by atoms with Crippen LogP contribution in [0, 0.1) is 13.8 Å². The van der Waals surface area contributed by atoms with Gasteiger partial charge in [-0.15, -0.1) is 11.3 Å². The number of thiophene rings is 2. The van der Waals surface area contributed by atoms with Crippen LogP contribution < -0.4 is 0 Å². The van der Waals surface area contributed by atoms with E-state index in [4.69, 9.17) is 0 Å². The van der Waals surface area contributed by atoms with Gasteiger partial charge in [-0.25, -0.2) is 0 Å². The fraction of sp³-hybridized carbons (Fsp3) is 0.333. The third-order valence-electron chi connectivity index (χ3n) is 2.45. The van der Waals surface area contributed by atoms with Gasteiger partial charge in [-0.2, -0.15) is 11.3 Å². The highest BCUT2D eigenvalue weighted by Gasteiger charge is 2.13. The van der Waals surface area contributed by atoms with Gasteiger partial charge < -0.3 is 5.11 Å². The molecule has 0 saturated heterocycles. The van der Waals surface area contributed by atoms with E-state index < -0.39 is 0 Å². The first-order chi connectivity index (χ1) is 7.16. The van der Waals surface area contributed by atoms with Crippen LogP contribution in [0.15, 0.2) is 22.9 Å². The maximum atomic E-state index is 10.1. The molecule has 2 rings (SSSR count). The normalized spacial score (nSPS) is 13.0. The van der Waals surface area contributed by atoms with Gasteiger partial charge in [0, 0.05) is 16.2 Å². The number of aryl methyl sites for hydroxylation is 2. The van der Waals surface area contributed by atoms with Crippen LogP contribution in [0.3, 0.4) is 0 Å². The predicted octanol–water partition coefficient (Wildman–Crippen LogP) is 3.70. The summed E-state index contributed by atoms with van der Waals surface area (Å²) in [6.45, 7) is 4.16. The number of aliphatic hydroxyl groups is 1. The second-order valence-electron chi connectivity index (χ2n) is 3.72.